The summed E-state index contributed by atoms with van der Waals surface area (Å²) < 4.78 is 0. The van der Waals surface area contributed by atoms with Gasteiger partial charge in [0.15, 0.2) is 5.82 Å². The fraction of sp³-hybridized carbons (Fsp3) is 0. The number of hydrogen-bond donors (Lipinski definition) is 0. The van der Waals surface area contributed by atoms with Crippen molar-refractivity contribution in [2.24, 2.45) is 0 Å². The summed E-state index contributed by atoms with van der Waals surface area (Å²) in [4.78, 5) is 18.9. The Morgan fingerprint density at radius 2 is 0.881 bits per heavy atom. The molecule has 3 heterocycles. The van der Waals surface area contributed by atoms with Crippen LogP contribution in [0, 0.1) is 0 Å². The van der Waals surface area contributed by atoms with Crippen molar-refractivity contribution in [1.82, 2.24) is 19.9 Å². The standard InChI is InChI=1S/C38H24N4/c1-2-7-32-25(5-1)6-3-8-33(32)26-9-11-27(12-10-26)34-21-19-29-15-16-30-20-22-35(42-37(30)36(29)41-34)28-13-17-31(18-14-28)38-39-23-4-24-40-38/h1-24H. The fourth-order valence-corrected chi connectivity index (χ4v) is 5.63. The highest BCUT2D eigenvalue weighted by atomic mass is 14.8. The summed E-state index contributed by atoms with van der Waals surface area (Å²) >= 11 is 0. The molecule has 0 aliphatic heterocycles. The van der Waals surface area contributed by atoms with Crippen LogP contribution in [0.3, 0.4) is 0 Å². The average Bonchev–Trinajstić information content (AvgIpc) is 3.08. The number of aromatic nitrogens is 4. The van der Waals surface area contributed by atoms with Crippen LogP contribution in [0.4, 0.5) is 0 Å². The molecule has 0 spiro atoms. The minimum absolute atomic E-state index is 0.711. The van der Waals surface area contributed by atoms with Crippen LogP contribution in [0.25, 0.3) is 77.6 Å². The van der Waals surface area contributed by atoms with Gasteiger partial charge in [0.05, 0.1) is 22.4 Å². The van der Waals surface area contributed by atoms with E-state index in [0.29, 0.717) is 5.82 Å². The zero-order valence-electron chi connectivity index (χ0n) is 22.6. The molecule has 4 nitrogen and oxygen atoms in total. The first kappa shape index (κ1) is 24.1. The number of rotatable bonds is 4. The van der Waals surface area contributed by atoms with Gasteiger partial charge in [-0.05, 0) is 40.1 Å². The van der Waals surface area contributed by atoms with Crippen LogP contribution in [0.15, 0.2) is 146 Å². The van der Waals surface area contributed by atoms with Crippen LogP contribution in [-0.4, -0.2) is 19.9 Å². The Kier molecular flexibility index (Phi) is 5.75. The number of pyridine rings is 2. The molecule has 0 fully saturated rings. The van der Waals surface area contributed by atoms with Crippen LogP contribution in [-0.2, 0) is 0 Å². The minimum atomic E-state index is 0.711. The van der Waals surface area contributed by atoms with Gasteiger partial charge in [0, 0.05) is 39.9 Å². The zero-order valence-corrected chi connectivity index (χ0v) is 22.6. The smallest absolute Gasteiger partial charge is 0.159 e. The lowest BCUT2D eigenvalue weighted by atomic mass is 9.97. The Morgan fingerprint density at radius 1 is 0.357 bits per heavy atom. The van der Waals surface area contributed by atoms with Gasteiger partial charge in [-0.1, -0.05) is 115 Å². The van der Waals surface area contributed by atoms with Crippen LogP contribution in [0.5, 0.6) is 0 Å². The molecule has 0 unspecified atom stereocenters. The molecule has 4 heteroatoms. The molecule has 196 valence electrons. The Hall–Kier alpha value is -5.74. The van der Waals surface area contributed by atoms with Crippen molar-refractivity contribution in [3.05, 3.63) is 146 Å². The Labute approximate surface area is 243 Å². The Morgan fingerprint density at radius 3 is 1.52 bits per heavy atom. The van der Waals surface area contributed by atoms with Crippen molar-refractivity contribution in [3.63, 3.8) is 0 Å². The molecule has 0 atom stereocenters. The molecule has 0 N–H and O–H groups in total. The Balaban J connectivity index is 1.17. The van der Waals surface area contributed by atoms with E-state index in [1.165, 1.54) is 21.9 Å². The van der Waals surface area contributed by atoms with E-state index in [4.69, 9.17) is 9.97 Å². The molecule has 3 aromatic heterocycles. The third-order valence-corrected chi connectivity index (χ3v) is 7.81. The van der Waals surface area contributed by atoms with E-state index < -0.39 is 0 Å². The monoisotopic (exact) mass is 536 g/mol. The SMILES string of the molecule is c1cnc(-c2ccc(-c3ccc4ccc5ccc(-c6ccc(-c7cccc8ccccc78)cc6)nc5c4n3)cc2)nc1. The molecule has 0 aliphatic rings. The topological polar surface area (TPSA) is 51.6 Å². The molecule has 42 heavy (non-hydrogen) atoms. The molecular weight excluding hydrogens is 512 g/mol. The summed E-state index contributed by atoms with van der Waals surface area (Å²) in [5, 5.41) is 4.64. The highest BCUT2D eigenvalue weighted by Crippen LogP contribution is 2.32. The fourth-order valence-electron chi connectivity index (χ4n) is 5.63. The first-order valence-corrected chi connectivity index (χ1v) is 14.0. The summed E-state index contributed by atoms with van der Waals surface area (Å²) in [6.07, 6.45) is 3.51. The van der Waals surface area contributed by atoms with Crippen LogP contribution < -0.4 is 0 Å². The predicted octanol–water partition coefficient (Wildman–Crippen LogP) is 9.39. The highest BCUT2D eigenvalue weighted by Gasteiger charge is 2.10. The summed E-state index contributed by atoms with van der Waals surface area (Å²) in [6, 6.07) is 46.4. The van der Waals surface area contributed by atoms with Gasteiger partial charge in [-0.25, -0.2) is 19.9 Å². The third-order valence-electron chi connectivity index (χ3n) is 7.81. The zero-order chi connectivity index (χ0) is 27.9. The van der Waals surface area contributed by atoms with Gasteiger partial charge in [0.25, 0.3) is 0 Å². The molecular formula is C38H24N4. The van der Waals surface area contributed by atoms with Gasteiger partial charge in [-0.3, -0.25) is 0 Å². The molecule has 8 rings (SSSR count). The van der Waals surface area contributed by atoms with Crippen molar-refractivity contribution >= 4 is 32.6 Å². The number of hydrogen-bond acceptors (Lipinski definition) is 4. The molecule has 8 aromatic rings. The minimum Gasteiger partial charge on any atom is -0.245 e. The molecule has 0 amide bonds. The normalized spacial score (nSPS) is 11.3. The van der Waals surface area contributed by atoms with E-state index in [0.717, 1.165) is 49.9 Å². The first-order chi connectivity index (χ1) is 20.8. The molecule has 0 radical (unpaired) electrons. The van der Waals surface area contributed by atoms with Crippen LogP contribution in [0.1, 0.15) is 0 Å². The average molecular weight is 537 g/mol. The van der Waals surface area contributed by atoms with Crippen molar-refractivity contribution in [2.45, 2.75) is 0 Å². The van der Waals surface area contributed by atoms with Gasteiger partial charge in [0.1, 0.15) is 0 Å². The lowest BCUT2D eigenvalue weighted by Crippen LogP contribution is -1.91. The number of nitrogens with zero attached hydrogens (tertiary/aromatic N) is 4. The Bertz CT molecular complexity index is 2220. The maximum Gasteiger partial charge on any atom is 0.159 e. The molecule has 0 saturated heterocycles. The van der Waals surface area contributed by atoms with Gasteiger partial charge in [0.2, 0.25) is 0 Å². The van der Waals surface area contributed by atoms with E-state index >= 15 is 0 Å². The predicted molar refractivity (Wildman–Crippen MR) is 172 cm³/mol. The summed E-state index contributed by atoms with van der Waals surface area (Å²) in [6.45, 7) is 0. The first-order valence-electron chi connectivity index (χ1n) is 14.0. The van der Waals surface area contributed by atoms with E-state index in [9.17, 15) is 0 Å². The second kappa shape index (κ2) is 10.0. The lowest BCUT2D eigenvalue weighted by Gasteiger charge is -2.10. The third kappa shape index (κ3) is 4.27. The largest absolute Gasteiger partial charge is 0.245 e. The van der Waals surface area contributed by atoms with E-state index in [2.05, 4.69) is 125 Å². The molecule has 5 aromatic carbocycles. The van der Waals surface area contributed by atoms with E-state index in [-0.39, 0.29) is 0 Å². The number of fused-ring (bicyclic) bond motifs is 4. The molecule has 0 bridgehead atoms. The summed E-state index contributed by atoms with van der Waals surface area (Å²) in [5.74, 6) is 0.711. The molecule has 0 saturated carbocycles. The van der Waals surface area contributed by atoms with Crippen molar-refractivity contribution in [2.75, 3.05) is 0 Å². The van der Waals surface area contributed by atoms with Crippen molar-refractivity contribution in [1.29, 1.82) is 0 Å². The second-order valence-corrected chi connectivity index (χ2v) is 10.4. The number of benzene rings is 5. The summed E-state index contributed by atoms with van der Waals surface area (Å²) in [5.41, 5.74) is 9.15. The van der Waals surface area contributed by atoms with Crippen molar-refractivity contribution in [3.8, 4) is 45.0 Å². The van der Waals surface area contributed by atoms with Gasteiger partial charge >= 0.3 is 0 Å². The maximum absolute atomic E-state index is 5.14. The van der Waals surface area contributed by atoms with E-state index in [1.807, 2.05) is 18.2 Å². The van der Waals surface area contributed by atoms with Gasteiger partial charge < -0.3 is 0 Å². The highest BCUT2D eigenvalue weighted by molar-refractivity contribution is 6.04. The maximum atomic E-state index is 5.14. The summed E-state index contributed by atoms with van der Waals surface area (Å²) in [7, 11) is 0. The van der Waals surface area contributed by atoms with E-state index in [1.54, 1.807) is 12.4 Å². The lowest BCUT2D eigenvalue weighted by molar-refractivity contribution is 1.18. The van der Waals surface area contributed by atoms with Gasteiger partial charge in [-0.15, -0.1) is 0 Å². The van der Waals surface area contributed by atoms with Crippen LogP contribution in [0.2, 0.25) is 0 Å². The quantitative estimate of drug-likeness (QED) is 0.210. The van der Waals surface area contributed by atoms with Gasteiger partial charge in [-0.2, -0.15) is 0 Å². The molecule has 0 aliphatic carbocycles. The van der Waals surface area contributed by atoms with Crippen molar-refractivity contribution < 1.29 is 0 Å². The second-order valence-electron chi connectivity index (χ2n) is 10.4. The van der Waals surface area contributed by atoms with Crippen LogP contribution >= 0.6 is 0 Å².